The summed E-state index contributed by atoms with van der Waals surface area (Å²) in [5, 5.41) is 14.5. The minimum Gasteiger partial charge on any atom is -0.326 e. The molecule has 2 aromatic heterocycles. The standard InChI is InChI=1S/C14H14F3N5OS/c15-14(16,17)9-3-4-10(22-21-9)19-12(23)20-13(5-1-2-6-13)11-18-7-8-24-11/h3-4,7-8H,1-2,5-6H2,(H2,19,20,22,23). The van der Waals surface area contributed by atoms with Crippen LogP contribution in [0.2, 0.25) is 0 Å². The maximum Gasteiger partial charge on any atom is 0.435 e. The molecule has 0 bridgehead atoms. The number of alkyl halides is 3. The number of anilines is 1. The number of hydrogen-bond donors (Lipinski definition) is 2. The normalized spacial score (nSPS) is 16.8. The Bertz CT molecular complexity index is 696. The summed E-state index contributed by atoms with van der Waals surface area (Å²) in [5.74, 6) is -0.0483. The Morgan fingerprint density at radius 1 is 1.21 bits per heavy atom. The number of nitrogens with one attached hydrogen (secondary N) is 2. The highest BCUT2D eigenvalue weighted by Crippen LogP contribution is 2.39. The van der Waals surface area contributed by atoms with E-state index < -0.39 is 23.4 Å². The van der Waals surface area contributed by atoms with Crippen molar-refractivity contribution in [2.45, 2.75) is 37.4 Å². The maximum atomic E-state index is 12.5. The Labute approximate surface area is 139 Å². The van der Waals surface area contributed by atoms with Crippen molar-refractivity contribution >= 4 is 23.2 Å². The number of urea groups is 1. The Balaban J connectivity index is 1.69. The highest BCUT2D eigenvalue weighted by molar-refractivity contribution is 7.09. The molecule has 1 aliphatic rings. The van der Waals surface area contributed by atoms with Crippen molar-refractivity contribution < 1.29 is 18.0 Å². The molecule has 0 spiro atoms. The summed E-state index contributed by atoms with van der Waals surface area (Å²) >= 11 is 1.47. The van der Waals surface area contributed by atoms with Gasteiger partial charge in [0.25, 0.3) is 0 Å². The van der Waals surface area contributed by atoms with E-state index in [1.165, 1.54) is 11.3 Å². The zero-order valence-electron chi connectivity index (χ0n) is 12.4. The fourth-order valence-corrected chi connectivity index (χ4v) is 3.60. The van der Waals surface area contributed by atoms with Gasteiger partial charge in [0.1, 0.15) is 5.01 Å². The average molecular weight is 357 g/mol. The fourth-order valence-electron chi connectivity index (χ4n) is 2.75. The van der Waals surface area contributed by atoms with Crippen LogP contribution in [0.3, 0.4) is 0 Å². The molecule has 0 aliphatic heterocycles. The van der Waals surface area contributed by atoms with Crippen molar-refractivity contribution in [1.29, 1.82) is 0 Å². The number of aromatic nitrogens is 3. The van der Waals surface area contributed by atoms with E-state index in [1.54, 1.807) is 6.20 Å². The third-order valence-electron chi connectivity index (χ3n) is 3.85. The van der Waals surface area contributed by atoms with Crippen LogP contribution < -0.4 is 10.6 Å². The molecule has 6 nitrogen and oxygen atoms in total. The van der Waals surface area contributed by atoms with E-state index in [9.17, 15) is 18.0 Å². The fraction of sp³-hybridized carbons (Fsp3) is 0.429. The lowest BCUT2D eigenvalue weighted by atomic mass is 9.99. The van der Waals surface area contributed by atoms with Gasteiger partial charge in [0.15, 0.2) is 11.5 Å². The number of carbonyl (C=O) groups excluding carboxylic acids is 1. The smallest absolute Gasteiger partial charge is 0.326 e. The van der Waals surface area contributed by atoms with Crippen LogP contribution in [0.5, 0.6) is 0 Å². The van der Waals surface area contributed by atoms with Crippen LogP contribution in [0.1, 0.15) is 36.4 Å². The van der Waals surface area contributed by atoms with Gasteiger partial charge in [-0.25, -0.2) is 9.78 Å². The number of thiazole rings is 1. The second-order valence-electron chi connectivity index (χ2n) is 5.51. The zero-order valence-corrected chi connectivity index (χ0v) is 13.2. The number of nitrogens with zero attached hydrogens (tertiary/aromatic N) is 3. The van der Waals surface area contributed by atoms with Crippen LogP contribution in [0.4, 0.5) is 23.8 Å². The van der Waals surface area contributed by atoms with Gasteiger partial charge in [-0.15, -0.1) is 21.5 Å². The molecule has 0 atom stereocenters. The number of halogens is 3. The van der Waals surface area contributed by atoms with Crippen LogP contribution >= 0.6 is 11.3 Å². The van der Waals surface area contributed by atoms with Gasteiger partial charge in [-0.2, -0.15) is 13.2 Å². The molecule has 1 aliphatic carbocycles. The predicted octanol–water partition coefficient (Wildman–Crippen LogP) is 3.54. The quantitative estimate of drug-likeness (QED) is 0.880. The molecular weight excluding hydrogens is 343 g/mol. The molecule has 0 unspecified atom stereocenters. The summed E-state index contributed by atoms with van der Waals surface area (Å²) in [6.45, 7) is 0. The molecule has 1 saturated carbocycles. The van der Waals surface area contributed by atoms with Gasteiger partial charge in [-0.1, -0.05) is 12.8 Å². The molecule has 2 aromatic rings. The Morgan fingerprint density at radius 2 is 1.96 bits per heavy atom. The first-order chi connectivity index (χ1) is 11.4. The first kappa shape index (κ1) is 16.6. The topological polar surface area (TPSA) is 79.8 Å². The molecule has 24 heavy (non-hydrogen) atoms. The van der Waals surface area contributed by atoms with Crippen molar-refractivity contribution in [1.82, 2.24) is 20.5 Å². The summed E-state index contributed by atoms with van der Waals surface area (Å²) < 4.78 is 37.4. The molecule has 0 radical (unpaired) electrons. The van der Waals surface area contributed by atoms with Crippen molar-refractivity contribution in [3.63, 3.8) is 0 Å². The highest BCUT2D eigenvalue weighted by Gasteiger charge is 2.39. The minimum atomic E-state index is -4.56. The monoisotopic (exact) mass is 357 g/mol. The Hall–Kier alpha value is -2.23. The van der Waals surface area contributed by atoms with Crippen molar-refractivity contribution in [3.8, 4) is 0 Å². The van der Waals surface area contributed by atoms with Crippen molar-refractivity contribution in [3.05, 3.63) is 34.4 Å². The minimum absolute atomic E-state index is 0.0483. The van der Waals surface area contributed by atoms with Crippen LogP contribution in [0, 0.1) is 0 Å². The van der Waals surface area contributed by atoms with Gasteiger partial charge >= 0.3 is 12.2 Å². The molecule has 128 valence electrons. The molecule has 1 fully saturated rings. The largest absolute Gasteiger partial charge is 0.435 e. The summed E-state index contributed by atoms with van der Waals surface area (Å²) in [4.78, 5) is 16.5. The van der Waals surface area contributed by atoms with E-state index in [-0.39, 0.29) is 5.82 Å². The SMILES string of the molecule is O=C(Nc1ccc(C(F)(F)F)nn1)NC1(c2nccs2)CCCC1. The molecular formula is C14H14F3N5OS. The summed E-state index contributed by atoms with van der Waals surface area (Å²) in [5.41, 5.74) is -1.64. The molecule has 2 amide bonds. The molecule has 2 heterocycles. The van der Waals surface area contributed by atoms with Gasteiger partial charge in [-0.05, 0) is 25.0 Å². The lowest BCUT2D eigenvalue weighted by Crippen LogP contribution is -2.45. The number of carbonyl (C=O) groups is 1. The third-order valence-corrected chi connectivity index (χ3v) is 4.83. The van der Waals surface area contributed by atoms with Crippen LogP contribution in [-0.4, -0.2) is 21.2 Å². The maximum absolute atomic E-state index is 12.5. The van der Waals surface area contributed by atoms with Gasteiger partial charge in [0.2, 0.25) is 0 Å². The molecule has 0 saturated heterocycles. The third kappa shape index (κ3) is 3.48. The van der Waals surface area contributed by atoms with Crippen molar-refractivity contribution in [2.24, 2.45) is 0 Å². The van der Waals surface area contributed by atoms with Crippen LogP contribution in [-0.2, 0) is 11.7 Å². The van der Waals surface area contributed by atoms with Crippen LogP contribution in [0.15, 0.2) is 23.7 Å². The number of amides is 2. The number of hydrogen-bond acceptors (Lipinski definition) is 5. The van der Waals surface area contributed by atoms with E-state index in [0.29, 0.717) is 0 Å². The van der Waals surface area contributed by atoms with E-state index in [4.69, 9.17) is 0 Å². The zero-order chi connectivity index (χ0) is 17.2. The van der Waals surface area contributed by atoms with Gasteiger partial charge in [-0.3, -0.25) is 5.32 Å². The van der Waals surface area contributed by atoms with E-state index >= 15 is 0 Å². The first-order valence-electron chi connectivity index (χ1n) is 7.29. The average Bonchev–Trinajstić information content (AvgIpc) is 3.18. The summed E-state index contributed by atoms with van der Waals surface area (Å²) in [7, 11) is 0. The molecule has 2 N–H and O–H groups in total. The Kier molecular flexibility index (Phi) is 4.39. The van der Waals surface area contributed by atoms with E-state index in [0.717, 1.165) is 42.8 Å². The first-order valence-corrected chi connectivity index (χ1v) is 8.17. The lowest BCUT2D eigenvalue weighted by molar-refractivity contribution is -0.141. The molecule has 10 heteroatoms. The Morgan fingerprint density at radius 3 is 2.50 bits per heavy atom. The summed E-state index contributed by atoms with van der Waals surface area (Å²) in [6.07, 6.45) is 0.604. The van der Waals surface area contributed by atoms with Gasteiger partial charge in [0, 0.05) is 11.6 Å². The second-order valence-corrected chi connectivity index (χ2v) is 6.40. The van der Waals surface area contributed by atoms with Gasteiger partial charge in [0.05, 0.1) is 5.54 Å². The lowest BCUT2D eigenvalue weighted by Gasteiger charge is -2.28. The molecule has 3 rings (SSSR count). The predicted molar refractivity (Wildman–Crippen MR) is 81.4 cm³/mol. The van der Waals surface area contributed by atoms with Crippen molar-refractivity contribution in [2.75, 3.05) is 5.32 Å². The highest BCUT2D eigenvalue weighted by atomic mass is 32.1. The second kappa shape index (κ2) is 6.34. The van der Waals surface area contributed by atoms with E-state index in [2.05, 4.69) is 25.8 Å². The molecule has 0 aromatic carbocycles. The number of rotatable bonds is 3. The van der Waals surface area contributed by atoms with Gasteiger partial charge < -0.3 is 5.32 Å². The van der Waals surface area contributed by atoms with Crippen LogP contribution in [0.25, 0.3) is 0 Å². The summed E-state index contributed by atoms with van der Waals surface area (Å²) in [6, 6.07) is 1.30. The van der Waals surface area contributed by atoms with E-state index in [1.807, 2.05) is 5.38 Å².